The van der Waals surface area contributed by atoms with Crippen LogP contribution in [-0.4, -0.2) is 11.1 Å². The summed E-state index contributed by atoms with van der Waals surface area (Å²) < 4.78 is 0. The molecule has 0 fully saturated rings. The predicted molar refractivity (Wildman–Crippen MR) is 89.7 cm³/mol. The molecule has 106 valence electrons. The molecule has 2 heteroatoms. The third-order valence-corrected chi connectivity index (χ3v) is 2.65. The molecule has 0 radical (unpaired) electrons. The Labute approximate surface area is 125 Å². The molecule has 2 nitrogen and oxygen atoms in total. The van der Waals surface area contributed by atoms with Crippen molar-refractivity contribution in [3.8, 4) is 0 Å². The number of aliphatic carboxylic acids is 1. The summed E-state index contributed by atoms with van der Waals surface area (Å²) in [4.78, 5) is 10.1. The van der Waals surface area contributed by atoms with Crippen molar-refractivity contribution in [2.45, 2.75) is 0 Å². The standard InChI is InChI=1S/C10H10.C9H8O2/c1-3-9-7-5-6-8-10(9)4-2;10-9(11)7-6-8-4-2-1-3-5-8/h3-8H,1-2H2;1-7H,(H,10,11). The molecule has 0 unspecified atom stereocenters. The van der Waals surface area contributed by atoms with Gasteiger partial charge in [-0.05, 0) is 22.8 Å². The van der Waals surface area contributed by atoms with Gasteiger partial charge in [0.05, 0.1) is 0 Å². The van der Waals surface area contributed by atoms with Gasteiger partial charge < -0.3 is 5.11 Å². The molecule has 0 atom stereocenters. The van der Waals surface area contributed by atoms with Gasteiger partial charge >= 0.3 is 5.97 Å². The maximum Gasteiger partial charge on any atom is 0.328 e. The van der Waals surface area contributed by atoms with Gasteiger partial charge in [0.2, 0.25) is 0 Å². The summed E-state index contributed by atoms with van der Waals surface area (Å²) >= 11 is 0. The maximum absolute atomic E-state index is 10.1. The van der Waals surface area contributed by atoms with Crippen molar-refractivity contribution < 1.29 is 9.90 Å². The average Bonchev–Trinajstić information content (AvgIpc) is 2.54. The molecule has 0 spiro atoms. The maximum atomic E-state index is 10.1. The van der Waals surface area contributed by atoms with E-state index in [2.05, 4.69) is 13.2 Å². The van der Waals surface area contributed by atoms with Gasteiger partial charge in [0.1, 0.15) is 0 Å². The van der Waals surface area contributed by atoms with Gasteiger partial charge in [0, 0.05) is 6.08 Å². The van der Waals surface area contributed by atoms with Crippen molar-refractivity contribution in [2.75, 3.05) is 0 Å². The van der Waals surface area contributed by atoms with Crippen molar-refractivity contribution >= 4 is 24.2 Å². The van der Waals surface area contributed by atoms with Crippen LogP contribution in [-0.2, 0) is 4.79 Å². The summed E-state index contributed by atoms with van der Waals surface area (Å²) in [5, 5.41) is 8.29. The zero-order valence-corrected chi connectivity index (χ0v) is 11.8. The van der Waals surface area contributed by atoms with E-state index >= 15 is 0 Å². The van der Waals surface area contributed by atoms with E-state index in [9.17, 15) is 4.79 Å². The topological polar surface area (TPSA) is 37.3 Å². The van der Waals surface area contributed by atoms with Crippen LogP contribution in [0.15, 0.2) is 73.8 Å². The van der Waals surface area contributed by atoms with E-state index in [1.807, 2.05) is 66.7 Å². The highest BCUT2D eigenvalue weighted by molar-refractivity contribution is 5.85. The van der Waals surface area contributed by atoms with E-state index < -0.39 is 5.97 Å². The molecule has 0 aliphatic carbocycles. The first-order valence-electron chi connectivity index (χ1n) is 6.47. The minimum absolute atomic E-state index is 0.898. The highest BCUT2D eigenvalue weighted by Gasteiger charge is 1.89. The number of rotatable bonds is 4. The highest BCUT2D eigenvalue weighted by Crippen LogP contribution is 2.10. The summed E-state index contributed by atoms with van der Waals surface area (Å²) in [6.07, 6.45) is 6.34. The third kappa shape index (κ3) is 6.21. The molecule has 0 amide bonds. The van der Waals surface area contributed by atoms with Crippen LogP contribution in [0.4, 0.5) is 0 Å². The Kier molecular flexibility index (Phi) is 7.01. The SMILES string of the molecule is C=Cc1ccccc1C=C.O=C(O)C=Cc1ccccc1. The van der Waals surface area contributed by atoms with E-state index in [4.69, 9.17) is 5.11 Å². The lowest BCUT2D eigenvalue weighted by Crippen LogP contribution is -1.85. The van der Waals surface area contributed by atoms with Crippen molar-refractivity contribution in [3.63, 3.8) is 0 Å². The van der Waals surface area contributed by atoms with Crippen LogP contribution in [0.1, 0.15) is 16.7 Å². The Hall–Kier alpha value is -2.87. The second kappa shape index (κ2) is 9.10. The third-order valence-electron chi connectivity index (χ3n) is 2.65. The second-order valence-corrected chi connectivity index (χ2v) is 4.12. The van der Waals surface area contributed by atoms with E-state index in [1.165, 1.54) is 0 Å². The fourth-order valence-electron chi connectivity index (χ4n) is 1.61. The van der Waals surface area contributed by atoms with Crippen LogP contribution in [0.25, 0.3) is 18.2 Å². The molecular formula is C19H18O2. The molecule has 1 N–H and O–H groups in total. The number of carboxylic acids is 1. The molecule has 0 aliphatic heterocycles. The van der Waals surface area contributed by atoms with E-state index in [0.29, 0.717) is 0 Å². The normalized spacial score (nSPS) is 9.52. The van der Waals surface area contributed by atoms with E-state index in [0.717, 1.165) is 22.8 Å². The van der Waals surface area contributed by atoms with Gasteiger partial charge in [-0.3, -0.25) is 0 Å². The van der Waals surface area contributed by atoms with Crippen molar-refractivity contribution in [2.24, 2.45) is 0 Å². The number of benzene rings is 2. The van der Waals surface area contributed by atoms with Gasteiger partial charge in [-0.1, -0.05) is 79.9 Å². The number of hydrogen-bond donors (Lipinski definition) is 1. The first-order chi connectivity index (χ1) is 10.2. The molecule has 0 bridgehead atoms. The average molecular weight is 278 g/mol. The number of carboxylic acid groups (broad SMARTS) is 1. The molecule has 2 rings (SSSR count). The zero-order chi connectivity index (χ0) is 15.5. The summed E-state index contributed by atoms with van der Waals surface area (Å²) in [6.45, 7) is 7.38. The Morgan fingerprint density at radius 2 is 1.33 bits per heavy atom. The van der Waals surface area contributed by atoms with Crippen molar-refractivity contribution in [1.82, 2.24) is 0 Å². The Balaban J connectivity index is 0.000000211. The van der Waals surface area contributed by atoms with Crippen LogP contribution >= 0.6 is 0 Å². The molecule has 0 aromatic heterocycles. The Morgan fingerprint density at radius 1 is 0.857 bits per heavy atom. The molecule has 0 saturated heterocycles. The van der Waals surface area contributed by atoms with E-state index in [1.54, 1.807) is 6.08 Å². The Morgan fingerprint density at radius 3 is 1.76 bits per heavy atom. The fourth-order valence-corrected chi connectivity index (χ4v) is 1.61. The molecule has 0 saturated carbocycles. The molecule has 2 aromatic carbocycles. The molecule has 0 heterocycles. The predicted octanol–water partition coefficient (Wildman–Crippen LogP) is 4.76. The van der Waals surface area contributed by atoms with Gasteiger partial charge in [0.15, 0.2) is 0 Å². The van der Waals surface area contributed by atoms with Crippen LogP contribution in [0.5, 0.6) is 0 Å². The molecule has 0 aliphatic rings. The summed E-state index contributed by atoms with van der Waals surface area (Å²) in [6, 6.07) is 17.3. The lowest BCUT2D eigenvalue weighted by Gasteiger charge is -1.96. The van der Waals surface area contributed by atoms with Gasteiger partial charge in [-0.2, -0.15) is 0 Å². The van der Waals surface area contributed by atoms with Crippen LogP contribution < -0.4 is 0 Å². The quantitative estimate of drug-likeness (QED) is 0.819. The van der Waals surface area contributed by atoms with Gasteiger partial charge in [0.25, 0.3) is 0 Å². The molecule has 21 heavy (non-hydrogen) atoms. The summed E-state index contributed by atoms with van der Waals surface area (Å²) in [5.74, 6) is -0.922. The highest BCUT2D eigenvalue weighted by atomic mass is 16.4. The zero-order valence-electron chi connectivity index (χ0n) is 11.8. The lowest BCUT2D eigenvalue weighted by atomic mass is 10.1. The minimum atomic E-state index is -0.922. The Bertz CT molecular complexity index is 598. The first-order valence-corrected chi connectivity index (χ1v) is 6.47. The lowest BCUT2D eigenvalue weighted by molar-refractivity contribution is -0.131. The number of carbonyl (C=O) groups is 1. The molecular weight excluding hydrogens is 260 g/mol. The second-order valence-electron chi connectivity index (χ2n) is 4.12. The van der Waals surface area contributed by atoms with Crippen LogP contribution in [0.2, 0.25) is 0 Å². The fraction of sp³-hybridized carbons (Fsp3) is 0. The van der Waals surface area contributed by atoms with Gasteiger partial charge in [-0.15, -0.1) is 0 Å². The monoisotopic (exact) mass is 278 g/mol. The van der Waals surface area contributed by atoms with Crippen LogP contribution in [0, 0.1) is 0 Å². The van der Waals surface area contributed by atoms with Crippen molar-refractivity contribution in [1.29, 1.82) is 0 Å². The van der Waals surface area contributed by atoms with Crippen molar-refractivity contribution in [3.05, 3.63) is 90.5 Å². The minimum Gasteiger partial charge on any atom is -0.478 e. The number of hydrogen-bond acceptors (Lipinski definition) is 1. The largest absolute Gasteiger partial charge is 0.478 e. The molecule has 2 aromatic rings. The van der Waals surface area contributed by atoms with Crippen LogP contribution in [0.3, 0.4) is 0 Å². The summed E-state index contributed by atoms with van der Waals surface area (Å²) in [7, 11) is 0. The first kappa shape index (κ1) is 16.2. The van der Waals surface area contributed by atoms with Gasteiger partial charge in [-0.25, -0.2) is 4.79 Å². The summed E-state index contributed by atoms with van der Waals surface area (Å²) in [5.41, 5.74) is 3.17. The van der Waals surface area contributed by atoms with E-state index in [-0.39, 0.29) is 0 Å². The smallest absolute Gasteiger partial charge is 0.328 e.